The van der Waals surface area contributed by atoms with Crippen molar-refractivity contribution in [1.82, 2.24) is 0 Å². The first-order valence-electron chi connectivity index (χ1n) is 5.23. The van der Waals surface area contributed by atoms with E-state index >= 15 is 0 Å². The van der Waals surface area contributed by atoms with Crippen molar-refractivity contribution in [2.75, 3.05) is 7.11 Å². The van der Waals surface area contributed by atoms with E-state index < -0.39 is 6.10 Å². The molecule has 0 aliphatic rings. The Labute approximate surface area is 108 Å². The average molecular weight is 297 g/mol. The molecule has 0 spiro atoms. The molecule has 0 saturated carbocycles. The van der Waals surface area contributed by atoms with Gasteiger partial charge in [-0.2, -0.15) is 0 Å². The minimum absolute atomic E-state index is 0.511. The first-order valence-corrected chi connectivity index (χ1v) is 6.02. The summed E-state index contributed by atoms with van der Waals surface area (Å²) in [5, 5.41) is 10.0. The molecule has 0 fully saturated rings. The van der Waals surface area contributed by atoms with Gasteiger partial charge in [0.05, 0.1) is 25.7 Å². The number of aliphatic hydroxyl groups is 1. The Hall–Kier alpha value is -1.26. The predicted molar refractivity (Wildman–Crippen MR) is 68.1 cm³/mol. The number of ether oxygens (including phenoxy) is 1. The summed E-state index contributed by atoms with van der Waals surface area (Å²) < 4.78 is 11.1. The summed E-state index contributed by atoms with van der Waals surface area (Å²) in [5.74, 6) is 0.780. The third-order valence-electron chi connectivity index (χ3n) is 2.59. The highest BCUT2D eigenvalue weighted by Gasteiger charge is 2.12. The van der Waals surface area contributed by atoms with Gasteiger partial charge in [-0.15, -0.1) is 0 Å². The van der Waals surface area contributed by atoms with Crippen molar-refractivity contribution in [2.45, 2.75) is 12.5 Å². The maximum absolute atomic E-state index is 10.0. The highest BCUT2D eigenvalue weighted by Crippen LogP contribution is 2.27. The standard InChI is InChI=1S/C13H13BrO3/c1-16-11-2-3-12(14)10(6-11)7-13(15)9-4-5-17-8-9/h2-6,8,13,15H,7H2,1H3. The Morgan fingerprint density at radius 1 is 1.41 bits per heavy atom. The second kappa shape index (κ2) is 5.38. The molecule has 0 aliphatic heterocycles. The largest absolute Gasteiger partial charge is 0.497 e. The van der Waals surface area contributed by atoms with Crippen LogP contribution in [-0.4, -0.2) is 12.2 Å². The molecule has 1 N–H and O–H groups in total. The summed E-state index contributed by atoms with van der Waals surface area (Å²) >= 11 is 3.46. The van der Waals surface area contributed by atoms with Crippen molar-refractivity contribution in [2.24, 2.45) is 0 Å². The van der Waals surface area contributed by atoms with E-state index in [4.69, 9.17) is 9.15 Å². The van der Waals surface area contributed by atoms with Gasteiger partial charge in [0, 0.05) is 16.5 Å². The normalized spacial score (nSPS) is 12.4. The smallest absolute Gasteiger partial charge is 0.119 e. The van der Waals surface area contributed by atoms with Crippen LogP contribution >= 0.6 is 15.9 Å². The summed E-state index contributed by atoms with van der Waals surface area (Å²) in [6, 6.07) is 7.46. The second-order valence-electron chi connectivity index (χ2n) is 3.73. The molecule has 3 nitrogen and oxygen atoms in total. The third kappa shape index (κ3) is 2.90. The summed E-state index contributed by atoms with van der Waals surface area (Å²) in [6.07, 6.45) is 3.05. The summed E-state index contributed by atoms with van der Waals surface area (Å²) in [5.41, 5.74) is 1.78. The Kier molecular flexibility index (Phi) is 3.86. The van der Waals surface area contributed by atoms with Gasteiger partial charge in [0.2, 0.25) is 0 Å². The lowest BCUT2D eigenvalue weighted by atomic mass is 10.0. The zero-order chi connectivity index (χ0) is 12.3. The van der Waals surface area contributed by atoms with Crippen molar-refractivity contribution in [1.29, 1.82) is 0 Å². The first-order chi connectivity index (χ1) is 8.20. The van der Waals surface area contributed by atoms with Gasteiger partial charge in [0.1, 0.15) is 5.75 Å². The van der Waals surface area contributed by atoms with E-state index in [9.17, 15) is 5.11 Å². The maximum Gasteiger partial charge on any atom is 0.119 e. The SMILES string of the molecule is COc1ccc(Br)c(CC(O)c2ccoc2)c1. The molecule has 0 saturated heterocycles. The molecule has 0 aliphatic carbocycles. The summed E-state index contributed by atoms with van der Waals surface area (Å²) in [4.78, 5) is 0. The van der Waals surface area contributed by atoms with Gasteiger partial charge in [-0.1, -0.05) is 15.9 Å². The minimum Gasteiger partial charge on any atom is -0.497 e. The quantitative estimate of drug-likeness (QED) is 0.941. The molecule has 0 amide bonds. The van der Waals surface area contributed by atoms with E-state index in [1.807, 2.05) is 18.2 Å². The highest BCUT2D eigenvalue weighted by molar-refractivity contribution is 9.10. The lowest BCUT2D eigenvalue weighted by molar-refractivity contribution is 0.177. The van der Waals surface area contributed by atoms with Gasteiger partial charge in [0.15, 0.2) is 0 Å². The number of benzene rings is 1. The molecular formula is C13H13BrO3. The molecule has 0 radical (unpaired) electrons. The molecule has 90 valence electrons. The Balaban J connectivity index is 2.18. The number of halogens is 1. The molecular weight excluding hydrogens is 284 g/mol. The van der Waals surface area contributed by atoms with Crippen LogP contribution < -0.4 is 4.74 Å². The monoisotopic (exact) mass is 296 g/mol. The van der Waals surface area contributed by atoms with E-state index in [-0.39, 0.29) is 0 Å². The molecule has 2 rings (SSSR count). The van der Waals surface area contributed by atoms with Gasteiger partial charge in [0.25, 0.3) is 0 Å². The van der Waals surface area contributed by atoms with Crippen molar-refractivity contribution >= 4 is 15.9 Å². The van der Waals surface area contributed by atoms with Crippen molar-refractivity contribution in [3.63, 3.8) is 0 Å². The van der Waals surface area contributed by atoms with E-state index in [2.05, 4.69) is 15.9 Å². The summed E-state index contributed by atoms with van der Waals surface area (Å²) in [7, 11) is 1.62. The fourth-order valence-corrected chi connectivity index (χ4v) is 2.03. The molecule has 2 aromatic rings. The predicted octanol–water partition coefficient (Wildman–Crippen LogP) is 3.33. The Bertz CT molecular complexity index is 479. The molecule has 1 atom stereocenters. The zero-order valence-electron chi connectivity index (χ0n) is 9.39. The van der Waals surface area contributed by atoms with Crippen LogP contribution in [-0.2, 0) is 6.42 Å². The van der Waals surface area contributed by atoms with E-state index in [0.29, 0.717) is 6.42 Å². The van der Waals surface area contributed by atoms with Crippen LogP contribution in [0.15, 0.2) is 45.7 Å². The van der Waals surface area contributed by atoms with Crippen molar-refractivity contribution in [3.8, 4) is 5.75 Å². The minimum atomic E-state index is -0.572. The van der Waals surface area contributed by atoms with Crippen molar-refractivity contribution < 1.29 is 14.3 Å². The van der Waals surface area contributed by atoms with Gasteiger partial charge < -0.3 is 14.3 Å². The van der Waals surface area contributed by atoms with Crippen LogP contribution in [0.25, 0.3) is 0 Å². The maximum atomic E-state index is 10.0. The zero-order valence-corrected chi connectivity index (χ0v) is 11.0. The molecule has 17 heavy (non-hydrogen) atoms. The number of aliphatic hydroxyl groups excluding tert-OH is 1. The average Bonchev–Trinajstić information content (AvgIpc) is 2.85. The topological polar surface area (TPSA) is 42.6 Å². The van der Waals surface area contributed by atoms with Gasteiger partial charge in [-0.05, 0) is 29.8 Å². The summed E-state index contributed by atoms with van der Waals surface area (Å²) in [6.45, 7) is 0. The van der Waals surface area contributed by atoms with E-state index in [0.717, 1.165) is 21.3 Å². The van der Waals surface area contributed by atoms with Crippen LogP contribution in [0.1, 0.15) is 17.2 Å². The molecule has 0 bridgehead atoms. The lowest BCUT2D eigenvalue weighted by Gasteiger charge is -2.11. The van der Waals surface area contributed by atoms with E-state index in [1.165, 1.54) is 0 Å². The van der Waals surface area contributed by atoms with E-state index in [1.54, 1.807) is 25.7 Å². The van der Waals surface area contributed by atoms with Crippen molar-refractivity contribution in [3.05, 3.63) is 52.4 Å². The molecule has 1 aromatic heterocycles. The number of hydrogen-bond donors (Lipinski definition) is 1. The Morgan fingerprint density at radius 2 is 2.24 bits per heavy atom. The number of hydrogen-bond acceptors (Lipinski definition) is 3. The van der Waals surface area contributed by atoms with Crippen LogP contribution in [0.4, 0.5) is 0 Å². The molecule has 1 heterocycles. The number of methoxy groups -OCH3 is 1. The van der Waals surface area contributed by atoms with Crippen LogP contribution in [0.2, 0.25) is 0 Å². The first kappa shape index (κ1) is 12.2. The highest BCUT2D eigenvalue weighted by atomic mass is 79.9. The lowest BCUT2D eigenvalue weighted by Crippen LogP contribution is -2.01. The molecule has 1 aromatic carbocycles. The van der Waals surface area contributed by atoms with Gasteiger partial charge in [-0.3, -0.25) is 0 Å². The fraction of sp³-hybridized carbons (Fsp3) is 0.231. The van der Waals surface area contributed by atoms with Crippen LogP contribution in [0.5, 0.6) is 5.75 Å². The fourth-order valence-electron chi connectivity index (χ4n) is 1.63. The second-order valence-corrected chi connectivity index (χ2v) is 4.59. The van der Waals surface area contributed by atoms with Crippen LogP contribution in [0, 0.1) is 0 Å². The number of rotatable bonds is 4. The molecule has 4 heteroatoms. The number of furan rings is 1. The van der Waals surface area contributed by atoms with Gasteiger partial charge in [-0.25, -0.2) is 0 Å². The van der Waals surface area contributed by atoms with Gasteiger partial charge >= 0.3 is 0 Å². The third-order valence-corrected chi connectivity index (χ3v) is 3.37. The molecule has 1 unspecified atom stereocenters. The Morgan fingerprint density at radius 3 is 2.88 bits per heavy atom. The van der Waals surface area contributed by atoms with Crippen LogP contribution in [0.3, 0.4) is 0 Å².